The molecule has 0 aromatic carbocycles. The summed E-state index contributed by atoms with van der Waals surface area (Å²) in [6.07, 6.45) is 1.96. The van der Waals surface area contributed by atoms with E-state index in [-0.39, 0.29) is 5.91 Å². The topological polar surface area (TPSA) is 57.7 Å². The number of amides is 1. The van der Waals surface area contributed by atoms with E-state index < -0.39 is 0 Å². The van der Waals surface area contributed by atoms with Gasteiger partial charge in [-0.2, -0.15) is 0 Å². The van der Waals surface area contributed by atoms with Crippen molar-refractivity contribution in [3.8, 4) is 0 Å². The lowest BCUT2D eigenvalue weighted by molar-refractivity contribution is -0.129. The highest BCUT2D eigenvalue weighted by molar-refractivity contribution is 5.73. The molecule has 1 aromatic rings. The van der Waals surface area contributed by atoms with Crippen molar-refractivity contribution in [1.82, 2.24) is 9.88 Å². The number of rotatable bonds is 6. The Bertz CT molecular complexity index is 528. The summed E-state index contributed by atoms with van der Waals surface area (Å²) in [6.45, 7) is 10.8. The Hall–Kier alpha value is -1.82. The maximum Gasteiger partial charge on any atom is 0.219 e. The monoisotopic (exact) mass is 350 g/mol. The number of piperidine rings is 1. The van der Waals surface area contributed by atoms with Crippen molar-refractivity contribution in [1.29, 1.82) is 0 Å². The molecule has 0 aliphatic carbocycles. The van der Waals surface area contributed by atoms with E-state index >= 15 is 0 Å². The second-order valence-electron chi connectivity index (χ2n) is 6.19. The number of carbonyl (C=O) groups excluding carboxylic acids is 1. The minimum atomic E-state index is 0.172. The van der Waals surface area contributed by atoms with Crippen LogP contribution in [-0.2, 0) is 9.53 Å². The summed E-state index contributed by atoms with van der Waals surface area (Å²) in [7, 11) is 3.73. The van der Waals surface area contributed by atoms with Gasteiger partial charge in [-0.25, -0.2) is 4.98 Å². The van der Waals surface area contributed by atoms with Crippen molar-refractivity contribution in [2.45, 2.75) is 46.6 Å². The lowest BCUT2D eigenvalue weighted by Gasteiger charge is -2.32. The van der Waals surface area contributed by atoms with Crippen LogP contribution >= 0.6 is 0 Å². The molecule has 0 bridgehead atoms. The summed E-state index contributed by atoms with van der Waals surface area (Å²) in [4.78, 5) is 20.0. The van der Waals surface area contributed by atoms with Gasteiger partial charge in [-0.3, -0.25) is 4.79 Å². The standard InChI is InChI=1S/C17H28N4O2.C2H6/c1-13-11-16(12-17(18-13)20(3)9-10-23-4)19-15-5-7-21(8-6-15)14(2)22;1-2/h11-12,15H,5-10H2,1-4H3,(H,18,19);1-2H3. The van der Waals surface area contributed by atoms with Crippen molar-refractivity contribution in [2.24, 2.45) is 0 Å². The molecule has 0 atom stereocenters. The van der Waals surface area contributed by atoms with Gasteiger partial charge in [-0.15, -0.1) is 0 Å². The van der Waals surface area contributed by atoms with Crippen molar-refractivity contribution < 1.29 is 9.53 Å². The number of likely N-dealkylation sites (tertiary alicyclic amines) is 1. The molecule has 0 radical (unpaired) electrons. The van der Waals surface area contributed by atoms with Crippen molar-refractivity contribution in [3.05, 3.63) is 17.8 Å². The highest BCUT2D eigenvalue weighted by Gasteiger charge is 2.20. The number of pyridine rings is 1. The Morgan fingerprint density at radius 2 is 2.00 bits per heavy atom. The van der Waals surface area contributed by atoms with Crippen LogP contribution in [0.4, 0.5) is 11.5 Å². The zero-order valence-corrected chi connectivity index (χ0v) is 16.6. The van der Waals surface area contributed by atoms with Crippen LogP contribution in [0.15, 0.2) is 12.1 Å². The maximum absolute atomic E-state index is 11.4. The average Bonchev–Trinajstić information content (AvgIpc) is 2.61. The van der Waals surface area contributed by atoms with Crippen LogP contribution in [0.3, 0.4) is 0 Å². The molecule has 1 N–H and O–H groups in total. The third-order valence-corrected chi connectivity index (χ3v) is 4.27. The Kier molecular flexibility index (Phi) is 9.27. The Balaban J connectivity index is 0.00000151. The number of hydrogen-bond donors (Lipinski definition) is 1. The van der Waals surface area contributed by atoms with E-state index in [0.717, 1.165) is 49.7 Å². The predicted octanol–water partition coefficient (Wildman–Crippen LogP) is 2.92. The zero-order chi connectivity index (χ0) is 18.8. The van der Waals surface area contributed by atoms with Gasteiger partial charge in [0, 0.05) is 64.2 Å². The minimum absolute atomic E-state index is 0.172. The fourth-order valence-corrected chi connectivity index (χ4v) is 2.85. The number of hydrogen-bond acceptors (Lipinski definition) is 5. The number of ether oxygens (including phenoxy) is 1. The first-order valence-electron chi connectivity index (χ1n) is 9.20. The Morgan fingerprint density at radius 1 is 1.36 bits per heavy atom. The quantitative estimate of drug-likeness (QED) is 0.855. The number of anilines is 2. The van der Waals surface area contributed by atoms with Gasteiger partial charge in [-0.1, -0.05) is 13.8 Å². The maximum atomic E-state index is 11.4. The number of nitrogens with zero attached hydrogens (tertiary/aromatic N) is 3. The van der Waals surface area contributed by atoms with Crippen LogP contribution in [0.25, 0.3) is 0 Å². The van der Waals surface area contributed by atoms with E-state index in [4.69, 9.17) is 4.74 Å². The minimum Gasteiger partial charge on any atom is -0.383 e. The molecule has 0 unspecified atom stereocenters. The normalized spacial score (nSPS) is 14.6. The van der Waals surface area contributed by atoms with E-state index in [0.29, 0.717) is 12.6 Å². The molecule has 142 valence electrons. The second kappa shape index (κ2) is 10.9. The van der Waals surface area contributed by atoms with Crippen molar-refractivity contribution >= 4 is 17.4 Å². The van der Waals surface area contributed by atoms with E-state index in [1.165, 1.54) is 0 Å². The summed E-state index contributed by atoms with van der Waals surface area (Å²) in [5.74, 6) is 1.12. The van der Waals surface area contributed by atoms with Crippen molar-refractivity contribution in [3.63, 3.8) is 0 Å². The van der Waals surface area contributed by atoms with Gasteiger partial charge in [0.05, 0.1) is 6.61 Å². The molecule has 1 aliphatic heterocycles. The van der Waals surface area contributed by atoms with Crippen LogP contribution in [0.2, 0.25) is 0 Å². The molecule has 2 rings (SSSR count). The second-order valence-corrected chi connectivity index (χ2v) is 6.19. The first-order valence-corrected chi connectivity index (χ1v) is 9.20. The van der Waals surface area contributed by atoms with Gasteiger partial charge >= 0.3 is 0 Å². The van der Waals surface area contributed by atoms with Gasteiger partial charge in [0.25, 0.3) is 0 Å². The van der Waals surface area contributed by atoms with Gasteiger partial charge in [0.2, 0.25) is 5.91 Å². The first-order chi connectivity index (χ1) is 12.0. The summed E-state index contributed by atoms with van der Waals surface area (Å²) in [5.41, 5.74) is 2.09. The number of aromatic nitrogens is 1. The van der Waals surface area contributed by atoms with Crippen LogP contribution in [0.1, 0.15) is 39.3 Å². The van der Waals surface area contributed by atoms with Gasteiger partial charge in [-0.05, 0) is 25.8 Å². The third-order valence-electron chi connectivity index (χ3n) is 4.27. The number of methoxy groups -OCH3 is 1. The van der Waals surface area contributed by atoms with Gasteiger partial charge in [0.1, 0.15) is 5.82 Å². The molecule has 6 nitrogen and oxygen atoms in total. The van der Waals surface area contributed by atoms with Crippen LogP contribution < -0.4 is 10.2 Å². The molecule has 1 aliphatic rings. The molecule has 1 fully saturated rings. The third kappa shape index (κ3) is 6.90. The number of carbonyl (C=O) groups is 1. The molecule has 0 saturated carbocycles. The van der Waals surface area contributed by atoms with E-state index in [2.05, 4.69) is 27.3 Å². The van der Waals surface area contributed by atoms with Crippen LogP contribution in [0, 0.1) is 6.92 Å². The van der Waals surface area contributed by atoms with Crippen molar-refractivity contribution in [2.75, 3.05) is 50.6 Å². The van der Waals surface area contributed by atoms with Gasteiger partial charge < -0.3 is 19.9 Å². The lowest BCUT2D eigenvalue weighted by atomic mass is 10.0. The molecule has 1 amide bonds. The highest BCUT2D eigenvalue weighted by atomic mass is 16.5. The molecular formula is C19H34N4O2. The zero-order valence-electron chi connectivity index (χ0n) is 16.6. The Labute approximate surface area is 152 Å². The number of nitrogens with one attached hydrogen (secondary N) is 1. The summed E-state index contributed by atoms with van der Waals surface area (Å²) in [5, 5.41) is 3.60. The molecule has 0 spiro atoms. The molecule has 1 aromatic heterocycles. The first kappa shape index (κ1) is 21.2. The van der Waals surface area contributed by atoms with E-state index in [1.54, 1.807) is 14.0 Å². The largest absolute Gasteiger partial charge is 0.383 e. The number of aryl methyl sites for hydroxylation is 1. The molecular weight excluding hydrogens is 316 g/mol. The molecule has 1 saturated heterocycles. The molecule has 25 heavy (non-hydrogen) atoms. The van der Waals surface area contributed by atoms with E-state index in [9.17, 15) is 4.79 Å². The lowest BCUT2D eigenvalue weighted by Crippen LogP contribution is -2.41. The summed E-state index contributed by atoms with van der Waals surface area (Å²) < 4.78 is 5.13. The van der Waals surface area contributed by atoms with Crippen LogP contribution in [-0.4, -0.2) is 62.2 Å². The average molecular weight is 351 g/mol. The smallest absolute Gasteiger partial charge is 0.219 e. The fraction of sp³-hybridized carbons (Fsp3) is 0.684. The van der Waals surface area contributed by atoms with E-state index in [1.807, 2.05) is 32.7 Å². The summed E-state index contributed by atoms with van der Waals surface area (Å²) >= 11 is 0. The molecule has 6 heteroatoms. The number of likely N-dealkylation sites (N-methyl/N-ethyl adjacent to an activating group) is 1. The van der Waals surface area contributed by atoms with Gasteiger partial charge in [0.15, 0.2) is 0 Å². The predicted molar refractivity (Wildman–Crippen MR) is 104 cm³/mol. The van der Waals surface area contributed by atoms with Crippen LogP contribution in [0.5, 0.6) is 0 Å². The summed E-state index contributed by atoms with van der Waals surface area (Å²) in [6, 6.07) is 4.56. The molecule has 2 heterocycles. The Morgan fingerprint density at radius 3 is 2.56 bits per heavy atom. The highest BCUT2D eigenvalue weighted by Crippen LogP contribution is 2.21. The fourth-order valence-electron chi connectivity index (χ4n) is 2.85. The SMILES string of the molecule is CC.COCCN(C)c1cc(NC2CCN(C(C)=O)CC2)cc(C)n1.